The highest BCUT2D eigenvalue weighted by Crippen LogP contribution is 2.13. The molecule has 2 amide bonds. The molecule has 1 atom stereocenters. The Morgan fingerprint density at radius 1 is 1.29 bits per heavy atom. The van der Waals surface area contributed by atoms with Crippen LogP contribution >= 0.6 is 0 Å². The van der Waals surface area contributed by atoms with Gasteiger partial charge in [0.05, 0.1) is 0 Å². The lowest BCUT2D eigenvalue weighted by Crippen LogP contribution is -2.41. The van der Waals surface area contributed by atoms with Gasteiger partial charge in [0.25, 0.3) is 0 Å². The molecule has 0 aliphatic rings. The van der Waals surface area contributed by atoms with Crippen molar-refractivity contribution in [3.05, 3.63) is 29.8 Å². The van der Waals surface area contributed by atoms with Gasteiger partial charge in [0.2, 0.25) is 11.8 Å². The molecule has 0 spiro atoms. The van der Waals surface area contributed by atoms with Crippen LogP contribution in [-0.2, 0) is 9.59 Å². The van der Waals surface area contributed by atoms with Crippen LogP contribution in [0.1, 0.15) is 25.8 Å². The van der Waals surface area contributed by atoms with E-state index in [0.717, 1.165) is 11.3 Å². The van der Waals surface area contributed by atoms with Gasteiger partial charge in [-0.1, -0.05) is 25.1 Å². The van der Waals surface area contributed by atoms with E-state index in [1.807, 2.05) is 31.2 Å². The predicted molar refractivity (Wildman–Crippen MR) is 67.7 cm³/mol. The van der Waals surface area contributed by atoms with Crippen molar-refractivity contribution in [2.45, 2.75) is 33.2 Å². The Balaban J connectivity index is 2.60. The van der Waals surface area contributed by atoms with E-state index < -0.39 is 6.04 Å². The van der Waals surface area contributed by atoms with Gasteiger partial charge in [-0.25, -0.2) is 0 Å². The van der Waals surface area contributed by atoms with Crippen molar-refractivity contribution in [1.82, 2.24) is 5.32 Å². The van der Waals surface area contributed by atoms with Crippen molar-refractivity contribution >= 4 is 17.5 Å². The maximum absolute atomic E-state index is 11.8. The van der Waals surface area contributed by atoms with Gasteiger partial charge in [0, 0.05) is 12.1 Å². The van der Waals surface area contributed by atoms with Crippen LogP contribution in [0.4, 0.5) is 5.69 Å². The summed E-state index contributed by atoms with van der Waals surface area (Å²) in [6, 6.07) is 7.00. The number of hydrogen-bond acceptors (Lipinski definition) is 2. The minimum Gasteiger partial charge on any atom is -0.345 e. The highest BCUT2D eigenvalue weighted by Gasteiger charge is 2.15. The third kappa shape index (κ3) is 3.90. The summed E-state index contributed by atoms with van der Waals surface area (Å²) in [5.74, 6) is -0.335. The Morgan fingerprint density at radius 3 is 2.53 bits per heavy atom. The zero-order chi connectivity index (χ0) is 12.8. The summed E-state index contributed by atoms with van der Waals surface area (Å²) in [6.45, 7) is 5.34. The molecule has 0 aliphatic heterocycles. The van der Waals surface area contributed by atoms with Crippen LogP contribution in [0.25, 0.3) is 0 Å². The fourth-order valence-electron chi connectivity index (χ4n) is 1.36. The Bertz CT molecular complexity index is 416. The van der Waals surface area contributed by atoms with E-state index in [-0.39, 0.29) is 11.8 Å². The fourth-order valence-corrected chi connectivity index (χ4v) is 1.36. The molecule has 1 unspecified atom stereocenters. The van der Waals surface area contributed by atoms with Crippen molar-refractivity contribution in [3.8, 4) is 0 Å². The van der Waals surface area contributed by atoms with E-state index in [0.29, 0.717) is 6.42 Å². The van der Waals surface area contributed by atoms with Crippen LogP contribution in [0, 0.1) is 6.92 Å². The molecule has 0 aliphatic carbocycles. The quantitative estimate of drug-likeness (QED) is 0.835. The minimum absolute atomic E-state index is 0.127. The first-order valence-corrected chi connectivity index (χ1v) is 5.70. The van der Waals surface area contributed by atoms with E-state index in [4.69, 9.17) is 0 Å². The van der Waals surface area contributed by atoms with Crippen molar-refractivity contribution in [3.63, 3.8) is 0 Å². The van der Waals surface area contributed by atoms with Crippen LogP contribution in [-0.4, -0.2) is 17.9 Å². The molecule has 0 bridgehead atoms. The van der Waals surface area contributed by atoms with Crippen molar-refractivity contribution in [2.75, 3.05) is 5.32 Å². The number of aryl methyl sites for hydroxylation is 1. The second kappa shape index (κ2) is 6.03. The van der Waals surface area contributed by atoms with Gasteiger partial charge in [-0.05, 0) is 25.5 Å². The molecule has 2 N–H and O–H groups in total. The lowest BCUT2D eigenvalue weighted by molar-refractivity contribution is -0.125. The summed E-state index contributed by atoms with van der Waals surface area (Å²) in [4.78, 5) is 22.9. The van der Waals surface area contributed by atoms with Gasteiger partial charge in [-0.3, -0.25) is 9.59 Å². The van der Waals surface area contributed by atoms with Gasteiger partial charge in [0.1, 0.15) is 6.04 Å². The van der Waals surface area contributed by atoms with Gasteiger partial charge in [0.15, 0.2) is 0 Å². The molecule has 1 rings (SSSR count). The predicted octanol–water partition coefficient (Wildman–Crippen LogP) is 1.85. The molecule has 0 heterocycles. The maximum Gasteiger partial charge on any atom is 0.246 e. The van der Waals surface area contributed by atoms with Crippen LogP contribution in [0.5, 0.6) is 0 Å². The van der Waals surface area contributed by atoms with Crippen LogP contribution in [0.15, 0.2) is 24.3 Å². The molecular weight excluding hydrogens is 216 g/mol. The number of carbonyl (C=O) groups excluding carboxylic acids is 2. The number of rotatable bonds is 4. The minimum atomic E-state index is -0.526. The normalized spacial score (nSPS) is 11.7. The maximum atomic E-state index is 11.8. The molecule has 1 aromatic rings. The Kier molecular flexibility index (Phi) is 4.69. The zero-order valence-corrected chi connectivity index (χ0v) is 10.4. The molecule has 92 valence electrons. The van der Waals surface area contributed by atoms with Gasteiger partial charge < -0.3 is 10.6 Å². The molecular formula is C13H18N2O2. The number of anilines is 1. The number of para-hydroxylation sites is 1. The monoisotopic (exact) mass is 234 g/mol. The largest absolute Gasteiger partial charge is 0.345 e. The summed E-state index contributed by atoms with van der Waals surface area (Å²) in [6.07, 6.45) is 0.377. The first kappa shape index (κ1) is 13.2. The van der Waals surface area contributed by atoms with E-state index in [9.17, 15) is 9.59 Å². The first-order chi connectivity index (χ1) is 8.04. The van der Waals surface area contributed by atoms with Crippen LogP contribution < -0.4 is 10.6 Å². The first-order valence-electron chi connectivity index (χ1n) is 5.70. The number of amides is 2. The van der Waals surface area contributed by atoms with Crippen LogP contribution in [0.2, 0.25) is 0 Å². The van der Waals surface area contributed by atoms with Crippen molar-refractivity contribution in [2.24, 2.45) is 0 Å². The highest BCUT2D eigenvalue weighted by molar-refractivity contribution is 5.97. The van der Waals surface area contributed by atoms with Crippen molar-refractivity contribution in [1.29, 1.82) is 0 Å². The molecule has 17 heavy (non-hydrogen) atoms. The Hall–Kier alpha value is -1.84. The SMILES string of the molecule is CCC(=O)NC(C)C(=O)Nc1ccccc1C. The molecule has 1 aromatic carbocycles. The molecule has 0 saturated heterocycles. The lowest BCUT2D eigenvalue weighted by Gasteiger charge is -2.14. The van der Waals surface area contributed by atoms with Gasteiger partial charge in [-0.15, -0.1) is 0 Å². The second-order valence-electron chi connectivity index (χ2n) is 3.95. The smallest absolute Gasteiger partial charge is 0.246 e. The van der Waals surface area contributed by atoms with E-state index in [1.54, 1.807) is 13.8 Å². The molecule has 0 aromatic heterocycles. The van der Waals surface area contributed by atoms with Gasteiger partial charge in [-0.2, -0.15) is 0 Å². The third-order valence-corrected chi connectivity index (χ3v) is 2.49. The average molecular weight is 234 g/mol. The number of hydrogen-bond donors (Lipinski definition) is 2. The fraction of sp³-hybridized carbons (Fsp3) is 0.385. The molecule has 4 nitrogen and oxygen atoms in total. The number of benzene rings is 1. The summed E-state index contributed by atoms with van der Waals surface area (Å²) in [5, 5.41) is 5.40. The Morgan fingerprint density at radius 2 is 1.94 bits per heavy atom. The molecule has 0 radical (unpaired) electrons. The summed E-state index contributed by atoms with van der Waals surface area (Å²) in [7, 11) is 0. The van der Waals surface area contributed by atoms with Gasteiger partial charge >= 0.3 is 0 Å². The molecule has 0 fully saturated rings. The van der Waals surface area contributed by atoms with E-state index in [1.165, 1.54) is 0 Å². The average Bonchev–Trinajstić information content (AvgIpc) is 2.31. The highest BCUT2D eigenvalue weighted by atomic mass is 16.2. The van der Waals surface area contributed by atoms with Crippen LogP contribution in [0.3, 0.4) is 0 Å². The standard InChI is InChI=1S/C13H18N2O2/c1-4-12(16)14-10(3)13(17)15-11-8-6-5-7-9(11)2/h5-8,10H,4H2,1-3H3,(H,14,16)(H,15,17). The van der Waals surface area contributed by atoms with Crippen molar-refractivity contribution < 1.29 is 9.59 Å². The van der Waals surface area contributed by atoms with E-state index >= 15 is 0 Å². The second-order valence-corrected chi connectivity index (χ2v) is 3.95. The number of carbonyl (C=O) groups is 2. The summed E-state index contributed by atoms with van der Waals surface area (Å²) in [5.41, 5.74) is 1.77. The third-order valence-electron chi connectivity index (χ3n) is 2.49. The zero-order valence-electron chi connectivity index (χ0n) is 10.4. The summed E-state index contributed by atoms with van der Waals surface area (Å²) < 4.78 is 0. The topological polar surface area (TPSA) is 58.2 Å². The van der Waals surface area contributed by atoms with E-state index in [2.05, 4.69) is 10.6 Å². The number of nitrogens with one attached hydrogen (secondary N) is 2. The Labute approximate surface area is 101 Å². The summed E-state index contributed by atoms with van der Waals surface area (Å²) >= 11 is 0. The molecule has 4 heteroatoms. The molecule has 0 saturated carbocycles. The lowest BCUT2D eigenvalue weighted by atomic mass is 10.2.